The molecule has 1 aliphatic heterocycles. The second-order valence-electron chi connectivity index (χ2n) is 8.48. The first-order valence-corrected chi connectivity index (χ1v) is 11.8. The minimum atomic E-state index is -0.744. The summed E-state index contributed by atoms with van der Waals surface area (Å²) in [5, 5.41) is 10.8. The maximum Gasteiger partial charge on any atom is 0.290 e. The monoisotopic (exact) mass is 499 g/mol. The number of methoxy groups -OCH3 is 3. The molecule has 0 bridgehead atoms. The largest absolute Gasteiger partial charge is 0.503 e. The maximum absolute atomic E-state index is 13.3. The third-order valence-corrected chi connectivity index (χ3v) is 6.32. The Morgan fingerprint density at radius 3 is 2.27 bits per heavy atom. The molecule has 0 fully saturated rings. The Morgan fingerprint density at radius 2 is 1.62 bits per heavy atom. The van der Waals surface area contributed by atoms with Gasteiger partial charge in [0.15, 0.2) is 23.0 Å². The Kier molecular flexibility index (Phi) is 7.93. The molecule has 0 radical (unpaired) electrons. The van der Waals surface area contributed by atoms with Gasteiger partial charge in [-0.2, -0.15) is 0 Å². The zero-order chi connectivity index (χ0) is 26.4. The number of ether oxygens (including phenoxy) is 3. The molecule has 0 aromatic heterocycles. The van der Waals surface area contributed by atoms with E-state index >= 15 is 0 Å². The number of rotatable bonds is 10. The molecule has 190 valence electrons. The molecule has 1 aliphatic rings. The van der Waals surface area contributed by atoms with Gasteiger partial charge >= 0.3 is 0 Å². The van der Waals surface area contributed by atoms with Crippen molar-refractivity contribution in [1.82, 2.24) is 4.90 Å². The van der Waals surface area contributed by atoms with Gasteiger partial charge in [-0.25, -0.2) is 0 Å². The van der Waals surface area contributed by atoms with E-state index in [1.54, 1.807) is 57.7 Å². The Bertz CT molecular complexity index is 1330. The molecular weight excluding hydrogens is 470 g/mol. The average molecular weight is 500 g/mol. The van der Waals surface area contributed by atoms with Crippen molar-refractivity contribution < 1.29 is 28.9 Å². The lowest BCUT2D eigenvalue weighted by Gasteiger charge is -2.27. The molecule has 4 rings (SSSR count). The molecule has 0 spiro atoms. The Labute approximate surface area is 216 Å². The highest BCUT2D eigenvalue weighted by Crippen LogP contribution is 2.39. The van der Waals surface area contributed by atoms with Gasteiger partial charge in [0.05, 0.1) is 32.9 Å². The van der Waals surface area contributed by atoms with Gasteiger partial charge in [-0.3, -0.25) is 9.59 Å². The highest BCUT2D eigenvalue weighted by Gasteiger charge is 2.42. The molecule has 37 heavy (non-hydrogen) atoms. The predicted molar refractivity (Wildman–Crippen MR) is 141 cm³/mol. The summed E-state index contributed by atoms with van der Waals surface area (Å²) in [5.74, 6) is 0.298. The average Bonchev–Trinajstić information content (AvgIpc) is 3.20. The van der Waals surface area contributed by atoms with Gasteiger partial charge in [0.25, 0.3) is 5.91 Å². The number of ketones is 1. The lowest BCUT2D eigenvalue weighted by atomic mass is 9.95. The highest BCUT2D eigenvalue weighted by molar-refractivity contribution is 6.14. The van der Waals surface area contributed by atoms with Crippen LogP contribution in [0.15, 0.2) is 90.2 Å². The van der Waals surface area contributed by atoms with Crippen LogP contribution in [0.1, 0.15) is 22.7 Å². The topological polar surface area (TPSA) is 85.3 Å². The van der Waals surface area contributed by atoms with Gasteiger partial charge in [-0.15, -0.1) is 0 Å². The van der Waals surface area contributed by atoms with E-state index in [1.807, 2.05) is 42.5 Å². The van der Waals surface area contributed by atoms with Crippen LogP contribution < -0.4 is 14.2 Å². The summed E-state index contributed by atoms with van der Waals surface area (Å²) in [7, 11) is 4.70. The predicted octanol–water partition coefficient (Wildman–Crippen LogP) is 4.93. The van der Waals surface area contributed by atoms with Gasteiger partial charge in [-0.1, -0.05) is 54.6 Å². The Balaban J connectivity index is 1.65. The zero-order valence-electron chi connectivity index (χ0n) is 21.0. The van der Waals surface area contributed by atoms with Crippen molar-refractivity contribution in [2.24, 2.45) is 0 Å². The van der Waals surface area contributed by atoms with Crippen LogP contribution in [0.25, 0.3) is 6.08 Å². The fourth-order valence-corrected chi connectivity index (χ4v) is 4.38. The van der Waals surface area contributed by atoms with E-state index in [4.69, 9.17) is 14.2 Å². The minimum absolute atomic E-state index is 0.0506. The third kappa shape index (κ3) is 5.51. The van der Waals surface area contributed by atoms with Gasteiger partial charge in [0.2, 0.25) is 0 Å². The van der Waals surface area contributed by atoms with Crippen LogP contribution in [0.3, 0.4) is 0 Å². The molecule has 0 aliphatic carbocycles. The first kappa shape index (κ1) is 25.6. The van der Waals surface area contributed by atoms with E-state index in [0.717, 1.165) is 11.1 Å². The van der Waals surface area contributed by atoms with E-state index in [-0.39, 0.29) is 12.1 Å². The number of hydrogen-bond acceptors (Lipinski definition) is 6. The summed E-state index contributed by atoms with van der Waals surface area (Å²) >= 11 is 0. The van der Waals surface area contributed by atoms with Crippen LogP contribution in [0.4, 0.5) is 0 Å². The molecule has 1 N–H and O–H groups in total. The van der Waals surface area contributed by atoms with Gasteiger partial charge in [0, 0.05) is 6.54 Å². The summed E-state index contributed by atoms with van der Waals surface area (Å²) in [4.78, 5) is 28.1. The molecule has 3 aromatic rings. The summed E-state index contributed by atoms with van der Waals surface area (Å²) < 4.78 is 16.0. The van der Waals surface area contributed by atoms with Gasteiger partial charge < -0.3 is 24.2 Å². The number of carbonyl (C=O) groups excluding carboxylic acids is 2. The van der Waals surface area contributed by atoms with Gasteiger partial charge in [0.1, 0.15) is 5.75 Å². The van der Waals surface area contributed by atoms with E-state index < -0.39 is 23.5 Å². The summed E-state index contributed by atoms with van der Waals surface area (Å²) in [5.41, 5.74) is 2.50. The zero-order valence-corrected chi connectivity index (χ0v) is 21.0. The van der Waals surface area contributed by atoms with Crippen LogP contribution in [-0.2, 0) is 16.0 Å². The molecule has 0 saturated carbocycles. The second kappa shape index (κ2) is 11.5. The van der Waals surface area contributed by atoms with Crippen molar-refractivity contribution in [3.63, 3.8) is 0 Å². The number of benzene rings is 3. The standard InChI is InChI=1S/C30H29NO6/c1-35-23-13-11-22(12-14-23)28-27(24(32)15-9-20-7-5-4-6-8-20)29(33)30(34)31(28)18-17-21-10-16-25(36-2)26(19-21)37-3/h4-16,19,28,33H,17-18H2,1-3H3/b15-9+. The van der Waals surface area contributed by atoms with Gasteiger partial charge in [-0.05, 0) is 53.5 Å². The Morgan fingerprint density at radius 1 is 0.919 bits per heavy atom. The van der Waals surface area contributed by atoms with Crippen molar-refractivity contribution >= 4 is 17.8 Å². The van der Waals surface area contributed by atoms with Crippen LogP contribution >= 0.6 is 0 Å². The highest BCUT2D eigenvalue weighted by atomic mass is 16.5. The first-order valence-electron chi connectivity index (χ1n) is 11.8. The van der Waals surface area contributed by atoms with E-state index in [0.29, 0.717) is 29.2 Å². The number of nitrogens with zero attached hydrogens (tertiary/aromatic N) is 1. The van der Waals surface area contributed by atoms with Crippen LogP contribution in [0.2, 0.25) is 0 Å². The van der Waals surface area contributed by atoms with Crippen LogP contribution in [0, 0.1) is 0 Å². The van der Waals surface area contributed by atoms with Crippen molar-refractivity contribution in [3.05, 3.63) is 107 Å². The normalized spacial score (nSPS) is 15.4. The molecular formula is C30H29NO6. The summed E-state index contributed by atoms with van der Waals surface area (Å²) in [6.45, 7) is 0.272. The fourth-order valence-electron chi connectivity index (χ4n) is 4.38. The SMILES string of the molecule is COc1ccc(C2C(C(=O)/C=C/c3ccccc3)=C(O)C(=O)N2CCc2ccc(OC)c(OC)c2)cc1. The minimum Gasteiger partial charge on any atom is -0.503 e. The molecule has 7 heteroatoms. The van der Waals surface area contributed by atoms with Crippen molar-refractivity contribution in [1.29, 1.82) is 0 Å². The number of aliphatic hydroxyl groups excluding tert-OH is 1. The first-order chi connectivity index (χ1) is 18.0. The van der Waals surface area contributed by atoms with E-state index in [2.05, 4.69) is 0 Å². The Hall–Kier alpha value is -4.52. The van der Waals surface area contributed by atoms with Crippen molar-refractivity contribution in [3.8, 4) is 17.2 Å². The smallest absolute Gasteiger partial charge is 0.290 e. The van der Waals surface area contributed by atoms with E-state index in [1.165, 1.54) is 11.0 Å². The summed E-state index contributed by atoms with van der Waals surface area (Å²) in [6.07, 6.45) is 3.54. The number of carbonyl (C=O) groups is 2. The molecule has 1 heterocycles. The molecule has 3 aromatic carbocycles. The number of aliphatic hydroxyl groups is 1. The molecule has 0 saturated heterocycles. The summed E-state index contributed by atoms with van der Waals surface area (Å²) in [6, 6.07) is 21.3. The lowest BCUT2D eigenvalue weighted by Crippen LogP contribution is -2.33. The van der Waals surface area contributed by atoms with Crippen molar-refractivity contribution in [2.45, 2.75) is 12.5 Å². The maximum atomic E-state index is 13.3. The lowest BCUT2D eigenvalue weighted by molar-refractivity contribution is -0.129. The van der Waals surface area contributed by atoms with Crippen molar-refractivity contribution in [2.75, 3.05) is 27.9 Å². The third-order valence-electron chi connectivity index (χ3n) is 6.32. The van der Waals surface area contributed by atoms with Crippen LogP contribution in [0.5, 0.6) is 17.2 Å². The second-order valence-corrected chi connectivity index (χ2v) is 8.48. The number of allylic oxidation sites excluding steroid dienone is 1. The molecule has 7 nitrogen and oxygen atoms in total. The number of amides is 1. The number of hydrogen-bond donors (Lipinski definition) is 1. The fraction of sp³-hybridized carbons (Fsp3) is 0.200. The quantitative estimate of drug-likeness (QED) is 0.398. The molecule has 1 amide bonds. The molecule has 1 unspecified atom stereocenters. The van der Waals surface area contributed by atoms with Crippen LogP contribution in [-0.4, -0.2) is 49.6 Å². The van der Waals surface area contributed by atoms with E-state index in [9.17, 15) is 14.7 Å². The molecule has 1 atom stereocenters.